The topological polar surface area (TPSA) is 43.1 Å². The van der Waals surface area contributed by atoms with Crippen LogP contribution in [0.3, 0.4) is 0 Å². The lowest BCUT2D eigenvalue weighted by atomic mass is 10.0. The minimum absolute atomic E-state index is 0.0179. The van der Waals surface area contributed by atoms with Crippen LogP contribution in [-0.2, 0) is 6.42 Å². The molecule has 0 radical (unpaired) electrons. The number of Topliss-reactive ketones (excluding diaryl/α,β-unsaturated/α-hetero) is 1. The number of carbonyl (C=O) groups excluding carboxylic acids is 1. The van der Waals surface area contributed by atoms with Gasteiger partial charge in [0.15, 0.2) is 5.78 Å². The quantitative estimate of drug-likeness (QED) is 0.342. The van der Waals surface area contributed by atoms with E-state index in [4.69, 9.17) is 5.73 Å². The molecule has 0 atom stereocenters. The van der Waals surface area contributed by atoms with Crippen molar-refractivity contribution in [1.29, 1.82) is 0 Å². The second-order valence-corrected chi connectivity index (χ2v) is 6.02. The summed E-state index contributed by atoms with van der Waals surface area (Å²) in [6, 6.07) is 5.97. The molecule has 100 valence electrons. The van der Waals surface area contributed by atoms with Crippen LogP contribution in [0.1, 0.15) is 35.7 Å². The molecule has 1 rings (SSSR count). The maximum absolute atomic E-state index is 11.6. The van der Waals surface area contributed by atoms with Gasteiger partial charge in [-0.1, -0.05) is 35.3 Å². The zero-order valence-corrected chi connectivity index (χ0v) is 13.1. The van der Waals surface area contributed by atoms with Crippen LogP contribution in [-0.4, -0.2) is 23.4 Å². The molecule has 2 N–H and O–H groups in total. The predicted molar refractivity (Wildman–Crippen MR) is 83.0 cm³/mol. The van der Waals surface area contributed by atoms with Crippen LogP contribution in [0.25, 0.3) is 0 Å². The number of alkyl halides is 1. The van der Waals surface area contributed by atoms with Crippen molar-refractivity contribution in [2.45, 2.75) is 31.1 Å². The third-order valence-corrected chi connectivity index (χ3v) is 4.39. The average Bonchev–Trinajstić information content (AvgIpc) is 2.40. The number of thioether (sulfide) groups is 1. The molecule has 0 saturated heterocycles. The predicted octanol–water partition coefficient (Wildman–Crippen LogP) is 3.66. The van der Waals surface area contributed by atoms with E-state index in [-0.39, 0.29) is 12.3 Å². The highest BCUT2D eigenvalue weighted by Crippen LogP contribution is 2.26. The molecule has 0 aliphatic rings. The zero-order chi connectivity index (χ0) is 13.4. The van der Waals surface area contributed by atoms with E-state index in [9.17, 15) is 4.79 Å². The zero-order valence-electron chi connectivity index (χ0n) is 10.7. The smallest absolute Gasteiger partial charge is 0.176 e. The van der Waals surface area contributed by atoms with E-state index in [2.05, 4.69) is 28.9 Å². The van der Waals surface area contributed by atoms with Crippen LogP contribution in [0.5, 0.6) is 0 Å². The number of ketones is 1. The largest absolute Gasteiger partial charge is 0.324 e. The van der Waals surface area contributed by atoms with E-state index in [0.29, 0.717) is 0 Å². The Balaban J connectivity index is 2.85. The minimum Gasteiger partial charge on any atom is -0.324 e. The van der Waals surface area contributed by atoms with Crippen LogP contribution in [0.2, 0.25) is 0 Å². The van der Waals surface area contributed by atoms with Gasteiger partial charge in [0.1, 0.15) is 0 Å². The summed E-state index contributed by atoms with van der Waals surface area (Å²) in [4.78, 5) is 12.9. The molecule has 0 bridgehead atoms. The first-order valence-electron chi connectivity index (χ1n) is 6.27. The van der Waals surface area contributed by atoms with Crippen molar-refractivity contribution < 1.29 is 4.79 Å². The number of halogens is 1. The highest BCUT2D eigenvalue weighted by atomic mass is 79.9. The number of carbonyl (C=O) groups is 1. The monoisotopic (exact) mass is 329 g/mol. The van der Waals surface area contributed by atoms with E-state index >= 15 is 0 Å². The van der Waals surface area contributed by atoms with E-state index < -0.39 is 0 Å². The number of hydrogen-bond donors (Lipinski definition) is 1. The van der Waals surface area contributed by atoms with Gasteiger partial charge in [0.05, 0.1) is 6.54 Å². The number of rotatable bonds is 8. The molecule has 0 aliphatic heterocycles. The molecule has 0 saturated carbocycles. The molecule has 0 heterocycles. The van der Waals surface area contributed by atoms with Crippen molar-refractivity contribution in [3.63, 3.8) is 0 Å². The van der Waals surface area contributed by atoms with Crippen LogP contribution in [0.15, 0.2) is 23.1 Å². The SMILES string of the molecule is CCCc1cc(C(=O)CN)ccc1SCCCBr. The number of hydrogen-bond acceptors (Lipinski definition) is 3. The van der Waals surface area contributed by atoms with Crippen molar-refractivity contribution in [2.75, 3.05) is 17.6 Å². The lowest BCUT2D eigenvalue weighted by Gasteiger charge is -2.10. The molecule has 0 spiro atoms. The first kappa shape index (κ1) is 15.7. The second-order valence-electron chi connectivity index (χ2n) is 4.09. The summed E-state index contributed by atoms with van der Waals surface area (Å²) in [5.41, 5.74) is 7.42. The second kappa shape index (κ2) is 8.73. The van der Waals surface area contributed by atoms with Gasteiger partial charge < -0.3 is 5.73 Å². The summed E-state index contributed by atoms with van der Waals surface area (Å²) in [6.45, 7) is 2.24. The lowest BCUT2D eigenvalue weighted by molar-refractivity contribution is 0.100. The Kier molecular flexibility index (Phi) is 7.63. The van der Waals surface area contributed by atoms with E-state index in [1.165, 1.54) is 10.5 Å². The first-order valence-corrected chi connectivity index (χ1v) is 8.38. The van der Waals surface area contributed by atoms with Gasteiger partial charge in [-0.25, -0.2) is 0 Å². The highest BCUT2D eigenvalue weighted by Gasteiger charge is 2.08. The average molecular weight is 330 g/mol. The van der Waals surface area contributed by atoms with E-state index in [1.54, 1.807) is 0 Å². The summed E-state index contributed by atoms with van der Waals surface area (Å²) >= 11 is 5.31. The molecular formula is C14H20BrNOS. The Morgan fingerprint density at radius 1 is 1.44 bits per heavy atom. The summed E-state index contributed by atoms with van der Waals surface area (Å²) in [7, 11) is 0. The van der Waals surface area contributed by atoms with Crippen molar-refractivity contribution in [2.24, 2.45) is 5.73 Å². The molecule has 1 aromatic rings. The molecule has 0 unspecified atom stereocenters. The van der Waals surface area contributed by atoms with Gasteiger partial charge in [-0.2, -0.15) is 0 Å². The number of nitrogens with two attached hydrogens (primary N) is 1. The minimum atomic E-state index is 0.0179. The molecule has 0 amide bonds. The maximum Gasteiger partial charge on any atom is 0.176 e. The van der Waals surface area contributed by atoms with E-state index in [0.717, 1.165) is 35.9 Å². The van der Waals surface area contributed by atoms with Crippen molar-refractivity contribution in [3.8, 4) is 0 Å². The third-order valence-electron chi connectivity index (χ3n) is 2.62. The fourth-order valence-corrected chi connectivity index (χ4v) is 3.38. The highest BCUT2D eigenvalue weighted by molar-refractivity contribution is 9.09. The van der Waals surface area contributed by atoms with Gasteiger partial charge in [0.2, 0.25) is 0 Å². The van der Waals surface area contributed by atoms with E-state index in [1.807, 2.05) is 23.9 Å². The molecule has 0 aliphatic carbocycles. The number of benzene rings is 1. The van der Waals surface area contributed by atoms with Gasteiger partial charge in [-0.15, -0.1) is 11.8 Å². The Hall–Kier alpha value is -0.320. The van der Waals surface area contributed by atoms with Gasteiger partial charge in [0, 0.05) is 15.8 Å². The van der Waals surface area contributed by atoms with Crippen molar-refractivity contribution in [1.82, 2.24) is 0 Å². The Bertz CT molecular complexity index is 395. The van der Waals surface area contributed by atoms with Crippen LogP contribution >= 0.6 is 27.7 Å². The van der Waals surface area contributed by atoms with Gasteiger partial charge in [0.25, 0.3) is 0 Å². The molecule has 1 aromatic carbocycles. The van der Waals surface area contributed by atoms with Crippen LogP contribution in [0, 0.1) is 0 Å². The van der Waals surface area contributed by atoms with Gasteiger partial charge in [-0.05, 0) is 36.3 Å². The summed E-state index contributed by atoms with van der Waals surface area (Å²) in [5.74, 6) is 1.12. The lowest BCUT2D eigenvalue weighted by Crippen LogP contribution is -2.13. The Morgan fingerprint density at radius 3 is 2.83 bits per heavy atom. The Labute approximate surface area is 122 Å². The molecule has 4 heteroatoms. The third kappa shape index (κ3) is 4.75. The van der Waals surface area contributed by atoms with Crippen molar-refractivity contribution in [3.05, 3.63) is 29.3 Å². The molecule has 2 nitrogen and oxygen atoms in total. The van der Waals surface area contributed by atoms with Crippen LogP contribution < -0.4 is 5.73 Å². The van der Waals surface area contributed by atoms with Crippen molar-refractivity contribution >= 4 is 33.5 Å². The fraction of sp³-hybridized carbons (Fsp3) is 0.500. The maximum atomic E-state index is 11.6. The fourth-order valence-electron chi connectivity index (χ4n) is 1.71. The normalized spacial score (nSPS) is 10.6. The van der Waals surface area contributed by atoms with Gasteiger partial charge >= 0.3 is 0 Å². The summed E-state index contributed by atoms with van der Waals surface area (Å²) in [6.07, 6.45) is 3.26. The Morgan fingerprint density at radius 2 is 2.22 bits per heavy atom. The molecule has 0 fully saturated rings. The summed E-state index contributed by atoms with van der Waals surface area (Å²) in [5, 5.41) is 1.03. The van der Waals surface area contributed by atoms with Gasteiger partial charge in [-0.3, -0.25) is 4.79 Å². The molecular weight excluding hydrogens is 310 g/mol. The first-order chi connectivity index (χ1) is 8.72. The standard InChI is InChI=1S/C14H20BrNOS/c1-2-4-12-9-11(13(17)10-16)5-6-14(12)18-8-3-7-15/h5-6,9H,2-4,7-8,10,16H2,1H3. The number of aryl methyl sites for hydroxylation is 1. The molecule has 0 aromatic heterocycles. The van der Waals surface area contributed by atoms with Crippen LogP contribution in [0.4, 0.5) is 0 Å². The molecule has 18 heavy (non-hydrogen) atoms. The summed E-state index contributed by atoms with van der Waals surface area (Å²) < 4.78 is 0.